The average molecular weight is 122 g/mol. The van der Waals surface area contributed by atoms with Crippen molar-refractivity contribution in [2.24, 2.45) is 5.92 Å². The van der Waals surface area contributed by atoms with E-state index in [0.29, 0.717) is 6.61 Å². The van der Waals surface area contributed by atoms with Crippen LogP contribution in [0.25, 0.3) is 0 Å². The third-order valence-corrected chi connectivity index (χ3v) is 1.28. The fraction of sp³-hybridized carbons (Fsp3) is 1.00. The van der Waals surface area contributed by atoms with Crippen LogP contribution in [0.3, 0.4) is 0 Å². The zero-order chi connectivity index (χ0) is 5.98. The Labute approximate surface area is 46.6 Å². The van der Waals surface area contributed by atoms with Crippen molar-refractivity contribution in [1.82, 2.24) is 0 Å². The van der Waals surface area contributed by atoms with Gasteiger partial charge in [-0.05, 0) is 0 Å². The van der Waals surface area contributed by atoms with Gasteiger partial charge in [0, 0.05) is 5.92 Å². The van der Waals surface area contributed by atoms with Crippen LogP contribution in [0.4, 0.5) is 8.78 Å². The van der Waals surface area contributed by atoms with E-state index >= 15 is 0 Å². The quantitative estimate of drug-likeness (QED) is 0.507. The number of halogens is 2. The van der Waals surface area contributed by atoms with Crippen LogP contribution >= 0.6 is 0 Å². The van der Waals surface area contributed by atoms with Gasteiger partial charge in [-0.25, -0.2) is 0 Å². The first-order valence-corrected chi connectivity index (χ1v) is 2.62. The minimum Gasteiger partial charge on any atom is -0.373 e. The van der Waals surface area contributed by atoms with Crippen molar-refractivity contribution in [1.29, 1.82) is 0 Å². The number of rotatable bonds is 3. The molecule has 1 nitrogen and oxygen atoms in total. The highest BCUT2D eigenvalue weighted by Crippen LogP contribution is 2.20. The number of hydrogen-bond donors (Lipinski definition) is 0. The second-order valence-corrected chi connectivity index (χ2v) is 1.94. The third-order valence-electron chi connectivity index (χ3n) is 1.28. The van der Waals surface area contributed by atoms with Gasteiger partial charge in [-0.3, -0.25) is 8.78 Å². The SMILES string of the molecule is FCC(CF)C1CO1. The van der Waals surface area contributed by atoms with Gasteiger partial charge < -0.3 is 4.74 Å². The molecule has 1 saturated heterocycles. The van der Waals surface area contributed by atoms with E-state index in [-0.39, 0.29) is 6.10 Å². The van der Waals surface area contributed by atoms with E-state index in [2.05, 4.69) is 4.74 Å². The Morgan fingerprint density at radius 3 is 2.12 bits per heavy atom. The molecule has 1 rings (SSSR count). The minimum atomic E-state index is -0.596. The highest BCUT2D eigenvalue weighted by Gasteiger charge is 2.32. The van der Waals surface area contributed by atoms with Crippen molar-refractivity contribution in [2.75, 3.05) is 20.0 Å². The molecule has 1 heterocycles. The van der Waals surface area contributed by atoms with Gasteiger partial charge in [0.25, 0.3) is 0 Å². The molecular weight excluding hydrogens is 114 g/mol. The highest BCUT2D eigenvalue weighted by atomic mass is 19.1. The Morgan fingerprint density at radius 2 is 2.00 bits per heavy atom. The van der Waals surface area contributed by atoms with E-state index in [1.165, 1.54) is 0 Å². The van der Waals surface area contributed by atoms with Gasteiger partial charge >= 0.3 is 0 Å². The van der Waals surface area contributed by atoms with Crippen molar-refractivity contribution in [3.63, 3.8) is 0 Å². The van der Waals surface area contributed by atoms with Crippen LogP contribution in [0, 0.1) is 5.92 Å². The van der Waals surface area contributed by atoms with Crippen LogP contribution < -0.4 is 0 Å². The van der Waals surface area contributed by atoms with Crippen molar-refractivity contribution in [3.8, 4) is 0 Å². The summed E-state index contributed by atoms with van der Waals surface area (Å²) in [6, 6.07) is 0. The Morgan fingerprint density at radius 1 is 1.50 bits per heavy atom. The lowest BCUT2D eigenvalue weighted by molar-refractivity contribution is 0.230. The Hall–Kier alpha value is -0.180. The first-order chi connectivity index (χ1) is 3.88. The van der Waals surface area contributed by atoms with Gasteiger partial charge in [-0.2, -0.15) is 0 Å². The predicted octanol–water partition coefficient (Wildman–Crippen LogP) is 0.940. The Balaban J connectivity index is 2.15. The van der Waals surface area contributed by atoms with Gasteiger partial charge in [0.15, 0.2) is 0 Å². The largest absolute Gasteiger partial charge is 0.373 e. The average Bonchev–Trinajstić information content (AvgIpc) is 2.53. The van der Waals surface area contributed by atoms with Gasteiger partial charge in [0.05, 0.1) is 26.1 Å². The summed E-state index contributed by atoms with van der Waals surface area (Å²) in [5.74, 6) is -0.491. The molecule has 0 radical (unpaired) electrons. The summed E-state index contributed by atoms with van der Waals surface area (Å²) in [5, 5.41) is 0. The third kappa shape index (κ3) is 1.15. The Bertz CT molecular complexity index is 68.8. The van der Waals surface area contributed by atoms with E-state index in [0.717, 1.165) is 0 Å². The van der Waals surface area contributed by atoms with Crippen molar-refractivity contribution in [3.05, 3.63) is 0 Å². The van der Waals surface area contributed by atoms with Gasteiger partial charge in [0.1, 0.15) is 0 Å². The zero-order valence-corrected chi connectivity index (χ0v) is 4.44. The second kappa shape index (κ2) is 2.40. The smallest absolute Gasteiger partial charge is 0.0973 e. The van der Waals surface area contributed by atoms with Crippen LogP contribution in [0.1, 0.15) is 0 Å². The van der Waals surface area contributed by atoms with Crippen molar-refractivity contribution >= 4 is 0 Å². The molecule has 8 heavy (non-hydrogen) atoms. The molecule has 1 aliphatic rings. The molecule has 0 amide bonds. The number of hydrogen-bond acceptors (Lipinski definition) is 1. The van der Waals surface area contributed by atoms with E-state index in [9.17, 15) is 8.78 Å². The molecule has 0 aromatic rings. The summed E-state index contributed by atoms with van der Waals surface area (Å²) >= 11 is 0. The fourth-order valence-electron chi connectivity index (χ4n) is 0.568. The topological polar surface area (TPSA) is 12.5 Å². The van der Waals surface area contributed by atoms with Crippen molar-refractivity contribution < 1.29 is 13.5 Å². The second-order valence-electron chi connectivity index (χ2n) is 1.94. The lowest BCUT2D eigenvalue weighted by Crippen LogP contribution is -2.12. The number of epoxide rings is 1. The summed E-state index contributed by atoms with van der Waals surface area (Å²) in [6.45, 7) is -0.652. The van der Waals surface area contributed by atoms with E-state index in [1.807, 2.05) is 0 Å². The molecule has 0 bridgehead atoms. The van der Waals surface area contributed by atoms with Crippen LogP contribution in [0.5, 0.6) is 0 Å². The maximum absolute atomic E-state index is 11.6. The molecule has 0 spiro atoms. The molecule has 1 unspecified atom stereocenters. The van der Waals surface area contributed by atoms with Gasteiger partial charge in [-0.15, -0.1) is 0 Å². The standard InChI is InChI=1S/C5H8F2O/c6-1-4(2-7)5-3-8-5/h4-5H,1-3H2. The molecule has 0 aliphatic carbocycles. The summed E-state index contributed by atoms with van der Waals surface area (Å²) in [4.78, 5) is 0. The van der Waals surface area contributed by atoms with Crippen LogP contribution in [0.2, 0.25) is 0 Å². The first kappa shape index (κ1) is 5.95. The van der Waals surface area contributed by atoms with E-state index in [4.69, 9.17) is 0 Å². The maximum atomic E-state index is 11.6. The molecule has 0 saturated carbocycles. The van der Waals surface area contributed by atoms with Crippen LogP contribution in [-0.2, 0) is 4.74 Å². The predicted molar refractivity (Wildman–Crippen MR) is 25.2 cm³/mol. The normalized spacial score (nSPS) is 26.6. The minimum absolute atomic E-state index is 0.120. The summed E-state index contributed by atoms with van der Waals surface area (Å²) < 4.78 is 27.9. The molecule has 0 aromatic heterocycles. The van der Waals surface area contributed by atoms with Gasteiger partial charge in [0.2, 0.25) is 0 Å². The van der Waals surface area contributed by atoms with Crippen LogP contribution in [-0.4, -0.2) is 26.1 Å². The highest BCUT2D eigenvalue weighted by molar-refractivity contribution is 4.77. The molecule has 0 N–H and O–H groups in total. The molecule has 1 aliphatic heterocycles. The molecule has 0 aromatic carbocycles. The lowest BCUT2D eigenvalue weighted by Gasteiger charge is -2.00. The molecular formula is C5H8F2O. The maximum Gasteiger partial charge on any atom is 0.0973 e. The molecule has 48 valence electrons. The Kier molecular flexibility index (Phi) is 1.78. The van der Waals surface area contributed by atoms with E-state index < -0.39 is 19.3 Å². The number of ether oxygens (including phenoxy) is 1. The molecule has 1 atom stereocenters. The monoisotopic (exact) mass is 122 g/mol. The zero-order valence-electron chi connectivity index (χ0n) is 4.44. The molecule has 1 fully saturated rings. The lowest BCUT2D eigenvalue weighted by atomic mass is 10.1. The first-order valence-electron chi connectivity index (χ1n) is 2.62. The fourth-order valence-corrected chi connectivity index (χ4v) is 0.568. The summed E-state index contributed by atoms with van der Waals surface area (Å²) in [7, 11) is 0. The van der Waals surface area contributed by atoms with Crippen LogP contribution in [0.15, 0.2) is 0 Å². The summed E-state index contributed by atoms with van der Waals surface area (Å²) in [5.41, 5.74) is 0. The molecule has 3 heteroatoms. The van der Waals surface area contributed by atoms with Crippen molar-refractivity contribution in [2.45, 2.75) is 6.10 Å². The van der Waals surface area contributed by atoms with E-state index in [1.54, 1.807) is 0 Å². The van der Waals surface area contributed by atoms with Gasteiger partial charge in [-0.1, -0.05) is 0 Å². The summed E-state index contributed by atoms with van der Waals surface area (Å²) in [6.07, 6.45) is -0.120. The number of alkyl halides is 2.